The van der Waals surface area contributed by atoms with Crippen molar-refractivity contribution in [1.82, 2.24) is 10.2 Å². The molecule has 1 atom stereocenters. The van der Waals surface area contributed by atoms with Crippen molar-refractivity contribution < 1.29 is 9.13 Å². The molecule has 1 fully saturated rings. The van der Waals surface area contributed by atoms with Gasteiger partial charge in [-0.3, -0.25) is 0 Å². The Labute approximate surface area is 127 Å². The molecule has 1 unspecified atom stereocenters. The SMILES string of the molecule is CNCCC1CCCCN1CCCOc1ccc(F)cc1. The summed E-state index contributed by atoms with van der Waals surface area (Å²) in [6, 6.07) is 6.97. The Morgan fingerprint density at radius 3 is 2.86 bits per heavy atom. The van der Waals surface area contributed by atoms with E-state index in [1.165, 1.54) is 44.4 Å². The van der Waals surface area contributed by atoms with Crippen molar-refractivity contribution in [3.8, 4) is 5.75 Å². The van der Waals surface area contributed by atoms with Crippen LogP contribution in [0.15, 0.2) is 24.3 Å². The summed E-state index contributed by atoms with van der Waals surface area (Å²) in [6.07, 6.45) is 6.25. The number of nitrogens with one attached hydrogen (secondary N) is 1. The molecule has 0 aromatic heterocycles. The summed E-state index contributed by atoms with van der Waals surface area (Å²) < 4.78 is 18.5. The normalized spacial score (nSPS) is 19.6. The molecule has 1 aromatic carbocycles. The summed E-state index contributed by atoms with van der Waals surface area (Å²) in [5.41, 5.74) is 0. The average Bonchev–Trinajstić information content (AvgIpc) is 2.52. The highest BCUT2D eigenvalue weighted by atomic mass is 19.1. The molecule has 1 aliphatic heterocycles. The molecule has 2 rings (SSSR count). The van der Waals surface area contributed by atoms with E-state index in [-0.39, 0.29) is 5.82 Å². The number of likely N-dealkylation sites (tertiary alicyclic amines) is 1. The van der Waals surface area contributed by atoms with Gasteiger partial charge >= 0.3 is 0 Å². The topological polar surface area (TPSA) is 24.5 Å². The van der Waals surface area contributed by atoms with Crippen molar-refractivity contribution in [2.75, 3.05) is 33.3 Å². The lowest BCUT2D eigenvalue weighted by atomic mass is 9.99. The van der Waals surface area contributed by atoms with E-state index < -0.39 is 0 Å². The fourth-order valence-corrected chi connectivity index (χ4v) is 2.98. The molecule has 0 spiro atoms. The second-order valence-corrected chi connectivity index (χ2v) is 5.73. The Kier molecular flexibility index (Phi) is 6.96. The van der Waals surface area contributed by atoms with E-state index in [1.54, 1.807) is 12.1 Å². The van der Waals surface area contributed by atoms with E-state index in [9.17, 15) is 4.39 Å². The van der Waals surface area contributed by atoms with Gasteiger partial charge in [-0.05, 0) is 70.1 Å². The molecule has 0 radical (unpaired) electrons. The number of piperidine rings is 1. The third-order valence-electron chi connectivity index (χ3n) is 4.15. The summed E-state index contributed by atoms with van der Waals surface area (Å²) >= 11 is 0. The molecule has 1 aliphatic rings. The van der Waals surface area contributed by atoms with E-state index in [0.29, 0.717) is 6.61 Å². The quantitative estimate of drug-likeness (QED) is 0.746. The van der Waals surface area contributed by atoms with Gasteiger partial charge in [-0.25, -0.2) is 4.39 Å². The van der Waals surface area contributed by atoms with Crippen LogP contribution in [0.5, 0.6) is 5.75 Å². The van der Waals surface area contributed by atoms with Crippen molar-refractivity contribution in [3.05, 3.63) is 30.1 Å². The standard InChI is InChI=1S/C17H27FN2O/c1-19-11-10-16-5-2-3-12-20(16)13-4-14-21-17-8-6-15(18)7-9-17/h6-9,16,19H,2-5,10-14H2,1H3. The number of hydrogen-bond donors (Lipinski definition) is 1. The Bertz CT molecular complexity index is 396. The predicted molar refractivity (Wildman–Crippen MR) is 84.3 cm³/mol. The van der Waals surface area contributed by atoms with E-state index >= 15 is 0 Å². The number of nitrogens with zero attached hydrogens (tertiary/aromatic N) is 1. The fraction of sp³-hybridized carbons (Fsp3) is 0.647. The maximum atomic E-state index is 12.8. The van der Waals surface area contributed by atoms with Gasteiger partial charge in [0.1, 0.15) is 11.6 Å². The minimum Gasteiger partial charge on any atom is -0.494 e. The molecular formula is C17H27FN2O. The van der Waals surface area contributed by atoms with E-state index in [4.69, 9.17) is 4.74 Å². The Morgan fingerprint density at radius 2 is 2.10 bits per heavy atom. The van der Waals surface area contributed by atoms with E-state index in [2.05, 4.69) is 10.2 Å². The third kappa shape index (κ3) is 5.64. The second-order valence-electron chi connectivity index (χ2n) is 5.73. The average molecular weight is 294 g/mol. The summed E-state index contributed by atoms with van der Waals surface area (Å²) in [5.74, 6) is 0.532. The maximum absolute atomic E-state index is 12.8. The lowest BCUT2D eigenvalue weighted by Gasteiger charge is -2.35. The molecule has 21 heavy (non-hydrogen) atoms. The van der Waals surface area contributed by atoms with Crippen LogP contribution in [0.2, 0.25) is 0 Å². The zero-order valence-corrected chi connectivity index (χ0v) is 13.0. The van der Waals surface area contributed by atoms with Gasteiger partial charge < -0.3 is 15.0 Å². The van der Waals surface area contributed by atoms with Gasteiger partial charge in [0.25, 0.3) is 0 Å². The van der Waals surface area contributed by atoms with Crippen LogP contribution in [0.4, 0.5) is 4.39 Å². The zero-order valence-electron chi connectivity index (χ0n) is 13.0. The molecule has 1 N–H and O–H groups in total. The minimum absolute atomic E-state index is 0.219. The van der Waals surface area contributed by atoms with E-state index in [1.807, 2.05) is 7.05 Å². The number of ether oxygens (including phenoxy) is 1. The highest BCUT2D eigenvalue weighted by Gasteiger charge is 2.21. The van der Waals surface area contributed by atoms with Gasteiger partial charge in [-0.1, -0.05) is 6.42 Å². The van der Waals surface area contributed by atoms with Crippen molar-refractivity contribution in [2.24, 2.45) is 0 Å². The first-order valence-corrected chi connectivity index (χ1v) is 8.06. The largest absolute Gasteiger partial charge is 0.494 e. The van der Waals surface area contributed by atoms with Gasteiger partial charge in [0.15, 0.2) is 0 Å². The first kappa shape index (κ1) is 16.2. The molecule has 3 nitrogen and oxygen atoms in total. The molecule has 1 aromatic rings. The molecule has 118 valence electrons. The molecular weight excluding hydrogens is 267 g/mol. The number of benzene rings is 1. The molecule has 4 heteroatoms. The van der Waals surface area contributed by atoms with Crippen molar-refractivity contribution >= 4 is 0 Å². The Hall–Kier alpha value is -1.13. The Morgan fingerprint density at radius 1 is 1.29 bits per heavy atom. The molecule has 0 amide bonds. The fourth-order valence-electron chi connectivity index (χ4n) is 2.98. The predicted octanol–water partition coefficient (Wildman–Crippen LogP) is 3.06. The van der Waals surface area contributed by atoms with Crippen LogP contribution >= 0.6 is 0 Å². The first-order chi connectivity index (χ1) is 10.3. The van der Waals surface area contributed by atoms with Gasteiger partial charge in [0, 0.05) is 12.6 Å². The third-order valence-corrected chi connectivity index (χ3v) is 4.15. The zero-order chi connectivity index (χ0) is 14.9. The molecule has 1 saturated heterocycles. The van der Waals surface area contributed by atoms with Gasteiger partial charge in [0.2, 0.25) is 0 Å². The number of halogens is 1. The highest BCUT2D eigenvalue weighted by molar-refractivity contribution is 5.21. The van der Waals surface area contributed by atoms with Crippen LogP contribution in [0.1, 0.15) is 32.1 Å². The number of rotatable bonds is 8. The van der Waals surface area contributed by atoms with Crippen LogP contribution in [0.3, 0.4) is 0 Å². The smallest absolute Gasteiger partial charge is 0.123 e. The first-order valence-electron chi connectivity index (χ1n) is 8.06. The minimum atomic E-state index is -0.219. The van der Waals surface area contributed by atoms with Crippen LogP contribution < -0.4 is 10.1 Å². The Balaban J connectivity index is 1.67. The van der Waals surface area contributed by atoms with Crippen LogP contribution in [-0.4, -0.2) is 44.2 Å². The summed E-state index contributed by atoms with van der Waals surface area (Å²) in [5, 5.41) is 3.25. The second kappa shape index (κ2) is 9.00. The maximum Gasteiger partial charge on any atom is 0.123 e. The lowest BCUT2D eigenvalue weighted by molar-refractivity contribution is 0.130. The highest BCUT2D eigenvalue weighted by Crippen LogP contribution is 2.19. The molecule has 0 saturated carbocycles. The summed E-state index contributed by atoms with van der Waals surface area (Å²) in [7, 11) is 2.02. The lowest BCUT2D eigenvalue weighted by Crippen LogP contribution is -2.41. The summed E-state index contributed by atoms with van der Waals surface area (Å²) in [4.78, 5) is 2.61. The van der Waals surface area contributed by atoms with Crippen LogP contribution in [0, 0.1) is 5.82 Å². The molecule has 0 aliphatic carbocycles. The molecule has 0 bridgehead atoms. The van der Waals surface area contributed by atoms with Crippen molar-refractivity contribution in [1.29, 1.82) is 0 Å². The molecule has 1 heterocycles. The van der Waals surface area contributed by atoms with Gasteiger partial charge in [-0.15, -0.1) is 0 Å². The summed E-state index contributed by atoms with van der Waals surface area (Å²) in [6.45, 7) is 4.09. The number of hydrogen-bond acceptors (Lipinski definition) is 3. The van der Waals surface area contributed by atoms with Crippen molar-refractivity contribution in [2.45, 2.75) is 38.1 Å². The van der Waals surface area contributed by atoms with E-state index in [0.717, 1.165) is 31.3 Å². The van der Waals surface area contributed by atoms with Gasteiger partial charge in [0.05, 0.1) is 6.61 Å². The van der Waals surface area contributed by atoms with Crippen LogP contribution in [-0.2, 0) is 0 Å². The van der Waals surface area contributed by atoms with Crippen LogP contribution in [0.25, 0.3) is 0 Å². The van der Waals surface area contributed by atoms with Crippen molar-refractivity contribution in [3.63, 3.8) is 0 Å². The van der Waals surface area contributed by atoms with Gasteiger partial charge in [-0.2, -0.15) is 0 Å². The monoisotopic (exact) mass is 294 g/mol.